The van der Waals surface area contributed by atoms with Gasteiger partial charge in [0, 0.05) is 19.0 Å². The number of amides is 2. The zero-order chi connectivity index (χ0) is 14.3. The fourth-order valence-corrected chi connectivity index (χ4v) is 2.64. The summed E-state index contributed by atoms with van der Waals surface area (Å²) in [4.78, 5) is 23.2. The van der Waals surface area contributed by atoms with E-state index in [1.165, 1.54) is 12.8 Å². The number of carbonyl (C=O) groups is 2. The van der Waals surface area contributed by atoms with Crippen molar-refractivity contribution in [2.45, 2.75) is 64.5 Å². The minimum atomic E-state index is -0.457. The molecule has 5 heteroatoms. The van der Waals surface area contributed by atoms with E-state index in [-0.39, 0.29) is 11.8 Å². The Morgan fingerprint density at radius 2 is 2.11 bits per heavy atom. The van der Waals surface area contributed by atoms with Crippen LogP contribution < -0.4 is 16.4 Å². The van der Waals surface area contributed by atoms with E-state index in [1.54, 1.807) is 6.92 Å². The smallest absolute Gasteiger partial charge is 0.242 e. The summed E-state index contributed by atoms with van der Waals surface area (Å²) in [6.45, 7) is 4.15. The van der Waals surface area contributed by atoms with Crippen LogP contribution in [0.15, 0.2) is 0 Å². The average molecular weight is 269 g/mol. The summed E-state index contributed by atoms with van der Waals surface area (Å²) in [5.41, 5.74) is 5.93. The summed E-state index contributed by atoms with van der Waals surface area (Å²) in [6, 6.07) is -0.155. The number of hydrogen-bond acceptors (Lipinski definition) is 3. The molecule has 0 radical (unpaired) electrons. The monoisotopic (exact) mass is 269 g/mol. The van der Waals surface area contributed by atoms with Crippen LogP contribution in [-0.2, 0) is 9.59 Å². The molecule has 4 N–H and O–H groups in total. The maximum Gasteiger partial charge on any atom is 0.242 e. The van der Waals surface area contributed by atoms with Gasteiger partial charge in [-0.05, 0) is 39.0 Å². The average Bonchev–Trinajstić information content (AvgIpc) is 2.36. The summed E-state index contributed by atoms with van der Waals surface area (Å²) < 4.78 is 0. The van der Waals surface area contributed by atoms with E-state index >= 15 is 0 Å². The molecule has 0 heterocycles. The van der Waals surface area contributed by atoms with Crippen molar-refractivity contribution in [2.24, 2.45) is 11.7 Å². The van der Waals surface area contributed by atoms with Crippen LogP contribution in [0.4, 0.5) is 0 Å². The molecule has 2 amide bonds. The first-order chi connectivity index (χ1) is 9.02. The van der Waals surface area contributed by atoms with Crippen molar-refractivity contribution in [1.29, 1.82) is 0 Å². The number of nitrogens with two attached hydrogens (primary N) is 1. The highest BCUT2D eigenvalue weighted by Gasteiger charge is 2.21. The standard InChI is InChI=1S/C14H27N3O2/c1-3-16-14(19)10(2)17-13(18)8-7-11-5-4-6-12(15)9-11/h10-12H,3-9,15H2,1-2H3,(H,16,19)(H,17,18). The maximum absolute atomic E-state index is 11.8. The Labute approximate surface area is 115 Å². The molecule has 0 bridgehead atoms. The summed E-state index contributed by atoms with van der Waals surface area (Å²) in [5, 5.41) is 5.42. The SMILES string of the molecule is CCNC(=O)C(C)NC(=O)CCC1CCCC(N)C1. The van der Waals surface area contributed by atoms with Crippen molar-refractivity contribution in [3.63, 3.8) is 0 Å². The molecular formula is C14H27N3O2. The third-order valence-corrected chi connectivity index (χ3v) is 3.72. The summed E-state index contributed by atoms with van der Waals surface area (Å²) in [7, 11) is 0. The first kappa shape index (κ1) is 16.0. The fourth-order valence-electron chi connectivity index (χ4n) is 2.64. The van der Waals surface area contributed by atoms with Crippen LogP contribution in [0.5, 0.6) is 0 Å². The molecule has 1 fully saturated rings. The van der Waals surface area contributed by atoms with Crippen LogP contribution in [-0.4, -0.2) is 30.4 Å². The van der Waals surface area contributed by atoms with Crippen molar-refractivity contribution in [2.75, 3.05) is 6.54 Å². The predicted molar refractivity (Wildman–Crippen MR) is 75.5 cm³/mol. The molecule has 5 nitrogen and oxygen atoms in total. The highest BCUT2D eigenvalue weighted by molar-refractivity contribution is 5.87. The quantitative estimate of drug-likeness (QED) is 0.670. The van der Waals surface area contributed by atoms with E-state index in [2.05, 4.69) is 10.6 Å². The lowest BCUT2D eigenvalue weighted by molar-refractivity contribution is -0.128. The van der Waals surface area contributed by atoms with Crippen molar-refractivity contribution >= 4 is 11.8 Å². The van der Waals surface area contributed by atoms with Gasteiger partial charge in [-0.3, -0.25) is 9.59 Å². The summed E-state index contributed by atoms with van der Waals surface area (Å²) >= 11 is 0. The van der Waals surface area contributed by atoms with Crippen LogP contribution in [0.3, 0.4) is 0 Å². The Hall–Kier alpha value is -1.10. The van der Waals surface area contributed by atoms with E-state index in [0.717, 1.165) is 19.3 Å². The Balaban J connectivity index is 2.22. The lowest BCUT2D eigenvalue weighted by atomic mass is 9.83. The van der Waals surface area contributed by atoms with Gasteiger partial charge in [0.25, 0.3) is 0 Å². The van der Waals surface area contributed by atoms with Crippen LogP contribution in [0, 0.1) is 5.92 Å². The van der Waals surface area contributed by atoms with Gasteiger partial charge in [0.05, 0.1) is 0 Å². The lowest BCUT2D eigenvalue weighted by Gasteiger charge is -2.26. The van der Waals surface area contributed by atoms with Gasteiger partial charge in [-0.15, -0.1) is 0 Å². The molecule has 1 saturated carbocycles. The van der Waals surface area contributed by atoms with Gasteiger partial charge < -0.3 is 16.4 Å². The van der Waals surface area contributed by atoms with Gasteiger partial charge in [0.1, 0.15) is 6.04 Å². The summed E-state index contributed by atoms with van der Waals surface area (Å²) in [5.74, 6) is 0.391. The number of carbonyl (C=O) groups excluding carboxylic acids is 2. The van der Waals surface area contributed by atoms with Gasteiger partial charge in [-0.25, -0.2) is 0 Å². The minimum Gasteiger partial charge on any atom is -0.355 e. The molecule has 3 atom stereocenters. The van der Waals surface area contributed by atoms with Crippen molar-refractivity contribution in [3.8, 4) is 0 Å². The van der Waals surface area contributed by atoms with Crippen LogP contribution in [0.1, 0.15) is 52.4 Å². The largest absolute Gasteiger partial charge is 0.355 e. The van der Waals surface area contributed by atoms with Gasteiger partial charge in [0.15, 0.2) is 0 Å². The van der Waals surface area contributed by atoms with E-state index in [9.17, 15) is 9.59 Å². The topological polar surface area (TPSA) is 84.2 Å². The molecule has 0 aromatic heterocycles. The van der Waals surface area contributed by atoms with Crippen molar-refractivity contribution in [1.82, 2.24) is 10.6 Å². The molecule has 0 aliphatic heterocycles. The van der Waals surface area contributed by atoms with Gasteiger partial charge in [-0.1, -0.05) is 12.8 Å². The number of nitrogens with one attached hydrogen (secondary N) is 2. The van der Waals surface area contributed by atoms with E-state index in [0.29, 0.717) is 24.9 Å². The second-order valence-corrected chi connectivity index (χ2v) is 5.52. The zero-order valence-electron chi connectivity index (χ0n) is 12.1. The second-order valence-electron chi connectivity index (χ2n) is 5.52. The Morgan fingerprint density at radius 1 is 1.37 bits per heavy atom. The zero-order valence-corrected chi connectivity index (χ0v) is 12.1. The van der Waals surface area contributed by atoms with Gasteiger partial charge in [-0.2, -0.15) is 0 Å². The normalized spacial score (nSPS) is 24.6. The Morgan fingerprint density at radius 3 is 2.74 bits per heavy atom. The molecule has 110 valence electrons. The molecule has 0 aromatic carbocycles. The molecule has 19 heavy (non-hydrogen) atoms. The van der Waals surface area contributed by atoms with Crippen molar-refractivity contribution < 1.29 is 9.59 Å². The first-order valence-electron chi connectivity index (χ1n) is 7.35. The lowest BCUT2D eigenvalue weighted by Crippen LogP contribution is -2.44. The van der Waals surface area contributed by atoms with E-state index in [1.807, 2.05) is 6.92 Å². The molecule has 0 aromatic rings. The first-order valence-corrected chi connectivity index (χ1v) is 7.35. The van der Waals surface area contributed by atoms with E-state index in [4.69, 9.17) is 5.73 Å². The van der Waals surface area contributed by atoms with Crippen molar-refractivity contribution in [3.05, 3.63) is 0 Å². The van der Waals surface area contributed by atoms with Crippen LogP contribution in [0.2, 0.25) is 0 Å². The fraction of sp³-hybridized carbons (Fsp3) is 0.857. The molecular weight excluding hydrogens is 242 g/mol. The molecule has 1 aliphatic carbocycles. The Kier molecular flexibility index (Phi) is 6.84. The van der Waals surface area contributed by atoms with Crippen LogP contribution >= 0.6 is 0 Å². The minimum absolute atomic E-state index is 0.0436. The Bertz CT molecular complexity index is 307. The number of rotatable bonds is 6. The highest BCUT2D eigenvalue weighted by atomic mass is 16.2. The molecule has 1 rings (SSSR count). The maximum atomic E-state index is 11.8. The van der Waals surface area contributed by atoms with Gasteiger partial charge >= 0.3 is 0 Å². The molecule has 0 spiro atoms. The van der Waals surface area contributed by atoms with Crippen LogP contribution in [0.25, 0.3) is 0 Å². The third kappa shape index (κ3) is 6.05. The molecule has 3 unspecified atom stereocenters. The second kappa shape index (κ2) is 8.15. The number of hydrogen-bond donors (Lipinski definition) is 3. The third-order valence-electron chi connectivity index (χ3n) is 3.72. The number of likely N-dealkylation sites (N-methyl/N-ethyl adjacent to an activating group) is 1. The van der Waals surface area contributed by atoms with Gasteiger partial charge in [0.2, 0.25) is 11.8 Å². The molecule has 1 aliphatic rings. The molecule has 0 saturated heterocycles. The summed E-state index contributed by atoms with van der Waals surface area (Å²) in [6.07, 6.45) is 5.84. The highest BCUT2D eigenvalue weighted by Crippen LogP contribution is 2.26. The predicted octanol–water partition coefficient (Wildman–Crippen LogP) is 0.925. The van der Waals surface area contributed by atoms with E-state index < -0.39 is 6.04 Å².